The Bertz CT molecular complexity index is 603. The summed E-state index contributed by atoms with van der Waals surface area (Å²) in [4.78, 5) is 0. The maximum atomic E-state index is 5.84. The Kier molecular flexibility index (Phi) is 3.53. The first-order valence-electron chi connectivity index (χ1n) is 7.22. The predicted molar refractivity (Wildman–Crippen MR) is 79.3 cm³/mol. The van der Waals surface area contributed by atoms with E-state index in [1.807, 2.05) is 26.0 Å². The van der Waals surface area contributed by atoms with Crippen LogP contribution in [0.3, 0.4) is 0 Å². The molecular formula is C17H21NO2. The third kappa shape index (κ3) is 2.22. The summed E-state index contributed by atoms with van der Waals surface area (Å²) in [5.41, 5.74) is 2.53. The van der Waals surface area contributed by atoms with E-state index in [4.69, 9.17) is 9.15 Å². The lowest BCUT2D eigenvalue weighted by Crippen LogP contribution is -2.28. The van der Waals surface area contributed by atoms with Crippen LogP contribution in [0.25, 0.3) is 0 Å². The molecule has 20 heavy (non-hydrogen) atoms. The van der Waals surface area contributed by atoms with Crippen molar-refractivity contribution in [2.45, 2.75) is 32.7 Å². The van der Waals surface area contributed by atoms with Crippen molar-refractivity contribution in [2.75, 3.05) is 13.2 Å². The molecule has 0 fully saturated rings. The number of furan rings is 1. The third-order valence-electron chi connectivity index (χ3n) is 3.98. The van der Waals surface area contributed by atoms with E-state index in [0.29, 0.717) is 5.92 Å². The Morgan fingerprint density at radius 3 is 2.80 bits per heavy atom. The van der Waals surface area contributed by atoms with Crippen LogP contribution in [-0.4, -0.2) is 13.2 Å². The van der Waals surface area contributed by atoms with Gasteiger partial charge in [0.25, 0.3) is 0 Å². The Morgan fingerprint density at radius 2 is 2.10 bits per heavy atom. The number of likely N-dealkylation sites (N-methyl/N-ethyl adjacent to an activating group) is 1. The van der Waals surface area contributed by atoms with E-state index in [2.05, 4.69) is 30.4 Å². The highest BCUT2D eigenvalue weighted by Crippen LogP contribution is 2.42. The topological polar surface area (TPSA) is 34.4 Å². The predicted octanol–water partition coefficient (Wildman–Crippen LogP) is 3.72. The van der Waals surface area contributed by atoms with E-state index in [9.17, 15) is 0 Å². The summed E-state index contributed by atoms with van der Waals surface area (Å²) in [5.74, 6) is 3.31. The van der Waals surface area contributed by atoms with Crippen molar-refractivity contribution >= 4 is 0 Å². The zero-order valence-corrected chi connectivity index (χ0v) is 12.3. The number of aryl methyl sites for hydroxylation is 2. The molecule has 3 nitrogen and oxygen atoms in total. The highest BCUT2D eigenvalue weighted by atomic mass is 16.5. The van der Waals surface area contributed by atoms with Gasteiger partial charge in [-0.2, -0.15) is 0 Å². The number of ether oxygens (including phenoxy) is 1. The maximum absolute atomic E-state index is 5.84. The van der Waals surface area contributed by atoms with E-state index >= 15 is 0 Å². The monoisotopic (exact) mass is 271 g/mol. The molecule has 0 saturated carbocycles. The Balaban J connectivity index is 1.98. The number of hydrogen-bond acceptors (Lipinski definition) is 3. The van der Waals surface area contributed by atoms with Gasteiger partial charge in [0.2, 0.25) is 0 Å². The molecule has 2 unspecified atom stereocenters. The van der Waals surface area contributed by atoms with E-state index < -0.39 is 0 Å². The van der Waals surface area contributed by atoms with Crippen LogP contribution in [-0.2, 0) is 0 Å². The van der Waals surface area contributed by atoms with E-state index in [1.165, 1.54) is 11.1 Å². The number of hydrogen-bond donors (Lipinski definition) is 1. The van der Waals surface area contributed by atoms with Gasteiger partial charge in [-0.1, -0.05) is 25.1 Å². The molecule has 0 aliphatic carbocycles. The zero-order chi connectivity index (χ0) is 14.1. The molecule has 1 aromatic carbocycles. The molecule has 0 radical (unpaired) electrons. The lowest BCUT2D eigenvalue weighted by atomic mass is 9.88. The standard InChI is InChI=1S/C17H21NO2/c1-4-18-17(14-9-11(2)20-12(14)3)15-10-19-16-8-6-5-7-13(15)16/h5-9,15,17-18H,4,10H2,1-3H3. The lowest BCUT2D eigenvalue weighted by Gasteiger charge is -2.23. The lowest BCUT2D eigenvalue weighted by molar-refractivity contribution is 0.299. The molecule has 0 spiro atoms. The maximum Gasteiger partial charge on any atom is 0.122 e. The molecule has 1 aliphatic heterocycles. The fourth-order valence-corrected chi connectivity index (χ4v) is 3.11. The smallest absolute Gasteiger partial charge is 0.122 e. The van der Waals surface area contributed by atoms with E-state index in [1.54, 1.807) is 0 Å². The number of para-hydroxylation sites is 1. The normalized spacial score (nSPS) is 18.6. The SMILES string of the molecule is CCNC(c1cc(C)oc1C)C1COc2ccccc21. The van der Waals surface area contributed by atoms with Gasteiger partial charge in [0.05, 0.1) is 6.61 Å². The van der Waals surface area contributed by atoms with Crippen LogP contribution in [0.5, 0.6) is 5.75 Å². The first-order chi connectivity index (χ1) is 9.70. The highest BCUT2D eigenvalue weighted by molar-refractivity contribution is 5.42. The minimum Gasteiger partial charge on any atom is -0.493 e. The second kappa shape index (κ2) is 5.33. The van der Waals surface area contributed by atoms with Gasteiger partial charge >= 0.3 is 0 Å². The average molecular weight is 271 g/mol. The fraction of sp³-hybridized carbons (Fsp3) is 0.412. The number of rotatable bonds is 4. The van der Waals surface area contributed by atoms with Gasteiger partial charge in [-0.25, -0.2) is 0 Å². The molecule has 0 amide bonds. The zero-order valence-electron chi connectivity index (χ0n) is 12.3. The quantitative estimate of drug-likeness (QED) is 0.920. The van der Waals surface area contributed by atoms with Crippen molar-refractivity contribution in [3.05, 3.63) is 53.0 Å². The molecular weight excluding hydrogens is 250 g/mol. The van der Waals surface area contributed by atoms with Crippen molar-refractivity contribution in [2.24, 2.45) is 0 Å². The first kappa shape index (κ1) is 13.3. The summed E-state index contributed by atoms with van der Waals surface area (Å²) >= 11 is 0. The van der Waals surface area contributed by atoms with Crippen molar-refractivity contribution in [1.82, 2.24) is 5.32 Å². The van der Waals surface area contributed by atoms with Crippen molar-refractivity contribution in [3.8, 4) is 5.75 Å². The molecule has 1 N–H and O–H groups in total. The van der Waals surface area contributed by atoms with Gasteiger partial charge < -0.3 is 14.5 Å². The van der Waals surface area contributed by atoms with E-state index in [-0.39, 0.29) is 6.04 Å². The minimum atomic E-state index is 0.237. The van der Waals surface area contributed by atoms with Crippen molar-refractivity contribution < 1.29 is 9.15 Å². The average Bonchev–Trinajstić information content (AvgIpc) is 3.00. The molecule has 3 rings (SSSR count). The summed E-state index contributed by atoms with van der Waals surface area (Å²) in [6.45, 7) is 7.82. The molecule has 1 aliphatic rings. The molecule has 106 valence electrons. The summed E-state index contributed by atoms with van der Waals surface area (Å²) in [6.07, 6.45) is 0. The molecule has 0 bridgehead atoms. The van der Waals surface area contributed by atoms with Crippen LogP contribution in [0.2, 0.25) is 0 Å². The summed E-state index contributed by atoms with van der Waals surface area (Å²) in [6, 6.07) is 10.7. The van der Waals surface area contributed by atoms with Crippen LogP contribution < -0.4 is 10.1 Å². The van der Waals surface area contributed by atoms with Crippen LogP contribution in [0.1, 0.15) is 41.5 Å². The molecule has 2 aromatic rings. The molecule has 3 heteroatoms. The second-order valence-electron chi connectivity index (χ2n) is 5.36. The minimum absolute atomic E-state index is 0.237. The Labute approximate surface area is 119 Å². The van der Waals surface area contributed by atoms with Gasteiger partial charge in [-0.3, -0.25) is 0 Å². The summed E-state index contributed by atoms with van der Waals surface area (Å²) in [5, 5.41) is 3.60. The summed E-state index contributed by atoms with van der Waals surface area (Å²) < 4.78 is 11.5. The first-order valence-corrected chi connectivity index (χ1v) is 7.22. The largest absolute Gasteiger partial charge is 0.493 e. The molecule has 1 aromatic heterocycles. The number of fused-ring (bicyclic) bond motifs is 1. The molecule has 0 saturated heterocycles. The van der Waals surface area contributed by atoms with Gasteiger partial charge in [0.1, 0.15) is 17.3 Å². The summed E-state index contributed by atoms with van der Waals surface area (Å²) in [7, 11) is 0. The van der Waals surface area contributed by atoms with Crippen molar-refractivity contribution in [3.63, 3.8) is 0 Å². The Morgan fingerprint density at radius 1 is 1.30 bits per heavy atom. The number of benzene rings is 1. The fourth-order valence-electron chi connectivity index (χ4n) is 3.11. The van der Waals surface area contributed by atoms with Crippen LogP contribution in [0.15, 0.2) is 34.7 Å². The van der Waals surface area contributed by atoms with Gasteiger partial charge in [-0.15, -0.1) is 0 Å². The molecule has 2 atom stereocenters. The Hall–Kier alpha value is -1.74. The van der Waals surface area contributed by atoms with E-state index in [0.717, 1.165) is 30.4 Å². The van der Waals surface area contributed by atoms with Gasteiger partial charge in [0, 0.05) is 23.1 Å². The molecule has 2 heterocycles. The van der Waals surface area contributed by atoms with Crippen LogP contribution in [0.4, 0.5) is 0 Å². The third-order valence-corrected chi connectivity index (χ3v) is 3.98. The number of nitrogens with one attached hydrogen (secondary N) is 1. The van der Waals surface area contributed by atoms with Crippen LogP contribution in [0, 0.1) is 13.8 Å². The second-order valence-corrected chi connectivity index (χ2v) is 5.36. The van der Waals surface area contributed by atoms with Crippen molar-refractivity contribution in [1.29, 1.82) is 0 Å². The highest BCUT2D eigenvalue weighted by Gasteiger charge is 2.33. The van der Waals surface area contributed by atoms with Gasteiger partial charge in [0.15, 0.2) is 0 Å². The van der Waals surface area contributed by atoms with Gasteiger partial charge in [-0.05, 0) is 32.5 Å². The van der Waals surface area contributed by atoms with Crippen LogP contribution >= 0.6 is 0 Å².